The van der Waals surface area contributed by atoms with Gasteiger partial charge < -0.3 is 14.8 Å². The van der Waals surface area contributed by atoms with Gasteiger partial charge in [-0.3, -0.25) is 9.69 Å². The second-order valence-corrected chi connectivity index (χ2v) is 9.82. The molecule has 0 bridgehead atoms. The lowest BCUT2D eigenvalue weighted by Crippen LogP contribution is -2.33. The molecule has 1 aromatic heterocycles. The lowest BCUT2D eigenvalue weighted by atomic mass is 9.99. The van der Waals surface area contributed by atoms with Crippen LogP contribution in [0.15, 0.2) is 47.8 Å². The van der Waals surface area contributed by atoms with Crippen molar-refractivity contribution >= 4 is 17.2 Å². The highest BCUT2D eigenvalue weighted by molar-refractivity contribution is 7.13. The summed E-state index contributed by atoms with van der Waals surface area (Å²) in [6, 6.07) is 14.4. The molecule has 2 aliphatic heterocycles. The molecular weight excluding hydrogens is 434 g/mol. The van der Waals surface area contributed by atoms with Gasteiger partial charge in [-0.15, -0.1) is 11.3 Å². The van der Waals surface area contributed by atoms with Crippen LogP contribution < -0.4 is 14.8 Å². The van der Waals surface area contributed by atoms with E-state index in [-0.39, 0.29) is 19.1 Å². The maximum absolute atomic E-state index is 12.5. The molecule has 1 atom stereocenters. The number of hydrogen-bond acceptors (Lipinski definition) is 6. The van der Waals surface area contributed by atoms with Crippen molar-refractivity contribution in [1.29, 1.82) is 0 Å². The first kappa shape index (κ1) is 21.9. The molecule has 1 N–H and O–H groups in total. The quantitative estimate of drug-likeness (QED) is 0.554. The molecule has 2 aromatic carbocycles. The van der Waals surface area contributed by atoms with Crippen molar-refractivity contribution < 1.29 is 14.3 Å². The van der Waals surface area contributed by atoms with Crippen LogP contribution in [0.4, 0.5) is 0 Å². The number of aromatic nitrogens is 1. The Morgan fingerprint density at radius 3 is 2.82 bits per heavy atom. The maximum Gasteiger partial charge on any atom is 0.231 e. The first-order valence-corrected chi connectivity index (χ1v) is 12.4. The van der Waals surface area contributed by atoms with E-state index in [9.17, 15) is 4.79 Å². The first-order valence-electron chi connectivity index (χ1n) is 11.5. The molecule has 3 heterocycles. The van der Waals surface area contributed by atoms with Crippen LogP contribution in [-0.4, -0.2) is 35.7 Å². The van der Waals surface area contributed by atoms with Gasteiger partial charge in [0.25, 0.3) is 0 Å². The number of hydrogen-bond donors (Lipinski definition) is 1. The van der Waals surface area contributed by atoms with Gasteiger partial charge in [0.1, 0.15) is 5.01 Å². The number of piperidine rings is 1. The van der Waals surface area contributed by atoms with E-state index in [1.54, 1.807) is 0 Å². The normalized spacial score (nSPS) is 17.8. The summed E-state index contributed by atoms with van der Waals surface area (Å²) in [5.41, 5.74) is 4.18. The van der Waals surface area contributed by atoms with Gasteiger partial charge in [-0.1, -0.05) is 31.2 Å². The zero-order valence-electron chi connectivity index (χ0n) is 18.9. The Hall–Kier alpha value is -2.90. The second-order valence-electron chi connectivity index (χ2n) is 8.96. The predicted octanol–water partition coefficient (Wildman–Crippen LogP) is 4.63. The SMILES string of the molecule is CC1CCCN(Cc2ccc(CNC(=O)Cc3csc(-c4ccc5c(c4)OCO5)n3)cc2)C1. The van der Waals surface area contributed by atoms with E-state index < -0.39 is 0 Å². The van der Waals surface area contributed by atoms with E-state index in [4.69, 9.17) is 9.47 Å². The molecule has 0 aliphatic carbocycles. The topological polar surface area (TPSA) is 63.7 Å². The maximum atomic E-state index is 12.5. The van der Waals surface area contributed by atoms with Gasteiger partial charge in [0.15, 0.2) is 11.5 Å². The van der Waals surface area contributed by atoms with Gasteiger partial charge in [-0.25, -0.2) is 4.98 Å². The highest BCUT2D eigenvalue weighted by Gasteiger charge is 2.17. The lowest BCUT2D eigenvalue weighted by molar-refractivity contribution is -0.120. The molecule has 1 fully saturated rings. The minimum absolute atomic E-state index is 0.0242. The van der Waals surface area contributed by atoms with E-state index in [0.717, 1.165) is 45.8 Å². The summed E-state index contributed by atoms with van der Waals surface area (Å²) < 4.78 is 10.8. The van der Waals surface area contributed by atoms with E-state index in [2.05, 4.69) is 46.4 Å². The van der Waals surface area contributed by atoms with Crippen molar-refractivity contribution in [3.05, 3.63) is 64.7 Å². The van der Waals surface area contributed by atoms with Gasteiger partial charge in [0.05, 0.1) is 12.1 Å². The van der Waals surface area contributed by atoms with Gasteiger partial charge in [0.2, 0.25) is 12.7 Å². The molecule has 0 radical (unpaired) electrons. The Bertz CT molecular complexity index is 1110. The fourth-order valence-corrected chi connectivity index (χ4v) is 5.25. The van der Waals surface area contributed by atoms with E-state index in [0.29, 0.717) is 6.54 Å². The number of rotatable bonds is 7. The van der Waals surface area contributed by atoms with Crippen molar-refractivity contribution in [2.75, 3.05) is 19.9 Å². The number of nitrogens with one attached hydrogen (secondary N) is 1. The van der Waals surface area contributed by atoms with Crippen LogP contribution >= 0.6 is 11.3 Å². The van der Waals surface area contributed by atoms with Crippen molar-refractivity contribution in [3.63, 3.8) is 0 Å². The number of ether oxygens (including phenoxy) is 2. The second kappa shape index (κ2) is 9.93. The smallest absolute Gasteiger partial charge is 0.231 e. The Morgan fingerprint density at radius 1 is 1.15 bits per heavy atom. The van der Waals surface area contributed by atoms with E-state index >= 15 is 0 Å². The van der Waals surface area contributed by atoms with E-state index in [1.807, 2.05) is 23.6 Å². The monoisotopic (exact) mass is 463 g/mol. The molecule has 7 heteroatoms. The number of fused-ring (bicyclic) bond motifs is 1. The molecule has 0 spiro atoms. The molecule has 1 saturated heterocycles. The summed E-state index contributed by atoms with van der Waals surface area (Å²) in [6.45, 7) is 6.50. The molecule has 0 saturated carbocycles. The number of benzene rings is 2. The van der Waals surface area contributed by atoms with Gasteiger partial charge in [-0.2, -0.15) is 0 Å². The Kier molecular flexibility index (Phi) is 6.60. The van der Waals surface area contributed by atoms with Crippen molar-refractivity contribution in [2.24, 2.45) is 5.92 Å². The lowest BCUT2D eigenvalue weighted by Gasteiger charge is -2.30. The van der Waals surface area contributed by atoms with Crippen LogP contribution in [-0.2, 0) is 24.3 Å². The predicted molar refractivity (Wildman–Crippen MR) is 129 cm³/mol. The highest BCUT2D eigenvalue weighted by Crippen LogP contribution is 2.36. The molecule has 5 rings (SSSR count). The number of thiazole rings is 1. The molecule has 1 amide bonds. The molecule has 1 unspecified atom stereocenters. The first-order chi connectivity index (χ1) is 16.1. The van der Waals surface area contributed by atoms with Crippen LogP contribution in [0.25, 0.3) is 10.6 Å². The Balaban J connectivity index is 1.11. The standard InChI is InChI=1S/C26H29N3O3S/c1-18-3-2-10-29(14-18)15-20-6-4-19(5-7-20)13-27-25(30)12-22-16-33-26(28-22)21-8-9-23-24(11-21)32-17-31-23/h4-9,11,16,18H,2-3,10,12-15,17H2,1H3,(H,27,30). The largest absolute Gasteiger partial charge is 0.454 e. The van der Waals surface area contributed by atoms with Crippen LogP contribution in [0.2, 0.25) is 0 Å². The summed E-state index contributed by atoms with van der Waals surface area (Å²) in [7, 11) is 0. The van der Waals surface area contributed by atoms with Crippen molar-refractivity contribution in [2.45, 2.75) is 39.3 Å². The molecule has 33 heavy (non-hydrogen) atoms. The van der Waals surface area contributed by atoms with Gasteiger partial charge in [-0.05, 0) is 54.6 Å². The third kappa shape index (κ3) is 5.54. The van der Waals surface area contributed by atoms with Crippen molar-refractivity contribution in [1.82, 2.24) is 15.2 Å². The molecule has 2 aliphatic rings. The summed E-state index contributed by atoms with van der Waals surface area (Å²) in [5, 5.41) is 5.83. The number of likely N-dealkylation sites (tertiary alicyclic amines) is 1. The van der Waals surface area contributed by atoms with Gasteiger partial charge >= 0.3 is 0 Å². The van der Waals surface area contributed by atoms with Crippen LogP contribution in [0.5, 0.6) is 11.5 Å². The minimum Gasteiger partial charge on any atom is -0.454 e. The van der Waals surface area contributed by atoms with E-state index in [1.165, 1.54) is 42.8 Å². The van der Waals surface area contributed by atoms with Gasteiger partial charge in [0, 0.05) is 30.6 Å². The minimum atomic E-state index is -0.0242. The van der Waals surface area contributed by atoms with Crippen LogP contribution in [0.1, 0.15) is 36.6 Å². The molecule has 3 aromatic rings. The summed E-state index contributed by atoms with van der Waals surface area (Å²) in [6.07, 6.45) is 2.91. The fourth-order valence-electron chi connectivity index (χ4n) is 4.43. The number of carbonyl (C=O) groups excluding carboxylic acids is 1. The average Bonchev–Trinajstić information content (AvgIpc) is 3.47. The summed E-state index contributed by atoms with van der Waals surface area (Å²) >= 11 is 1.53. The number of nitrogens with zero attached hydrogens (tertiary/aromatic N) is 2. The third-order valence-electron chi connectivity index (χ3n) is 6.17. The highest BCUT2D eigenvalue weighted by atomic mass is 32.1. The number of amides is 1. The molecular formula is C26H29N3O3S. The van der Waals surface area contributed by atoms with Crippen LogP contribution in [0.3, 0.4) is 0 Å². The summed E-state index contributed by atoms with van der Waals surface area (Å²) in [4.78, 5) is 19.6. The van der Waals surface area contributed by atoms with Crippen LogP contribution in [0, 0.1) is 5.92 Å². The Morgan fingerprint density at radius 2 is 1.97 bits per heavy atom. The zero-order chi connectivity index (χ0) is 22.6. The molecule has 172 valence electrons. The third-order valence-corrected chi connectivity index (χ3v) is 7.11. The zero-order valence-corrected chi connectivity index (χ0v) is 19.7. The number of carbonyl (C=O) groups is 1. The fraction of sp³-hybridized carbons (Fsp3) is 0.385. The molecule has 6 nitrogen and oxygen atoms in total. The van der Waals surface area contributed by atoms with Crippen molar-refractivity contribution in [3.8, 4) is 22.1 Å². The Labute approximate surface area is 198 Å². The summed E-state index contributed by atoms with van der Waals surface area (Å²) in [5.74, 6) is 2.26. The average molecular weight is 464 g/mol.